The molecular formula is C14H15BrN4O4. The SMILES string of the molecule is CC(Oc1ccccc1Br)C(=O)NCc1cn(CC(=O)O)nn1. The van der Waals surface area contributed by atoms with Gasteiger partial charge in [0.25, 0.3) is 5.91 Å². The molecule has 2 aromatic rings. The Balaban J connectivity index is 1.85. The second kappa shape index (κ2) is 7.73. The van der Waals surface area contributed by atoms with Crippen molar-refractivity contribution in [2.45, 2.75) is 26.1 Å². The number of amides is 1. The molecule has 1 aromatic carbocycles. The van der Waals surface area contributed by atoms with Crippen LogP contribution < -0.4 is 10.1 Å². The molecule has 1 amide bonds. The number of para-hydroxylation sites is 1. The number of nitrogens with zero attached hydrogens (tertiary/aromatic N) is 3. The van der Waals surface area contributed by atoms with E-state index < -0.39 is 12.1 Å². The molecule has 0 aliphatic rings. The summed E-state index contributed by atoms with van der Waals surface area (Å²) in [7, 11) is 0. The molecular weight excluding hydrogens is 368 g/mol. The number of carboxylic acid groups (broad SMARTS) is 1. The van der Waals surface area contributed by atoms with E-state index in [1.54, 1.807) is 13.0 Å². The molecule has 0 fully saturated rings. The van der Waals surface area contributed by atoms with Gasteiger partial charge in [-0.3, -0.25) is 9.59 Å². The summed E-state index contributed by atoms with van der Waals surface area (Å²) in [5, 5.41) is 18.8. The number of carboxylic acids is 1. The minimum absolute atomic E-state index is 0.141. The highest BCUT2D eigenvalue weighted by Gasteiger charge is 2.16. The van der Waals surface area contributed by atoms with Crippen LogP contribution in [-0.4, -0.2) is 38.1 Å². The molecule has 0 aliphatic carbocycles. The van der Waals surface area contributed by atoms with Crippen LogP contribution in [0.2, 0.25) is 0 Å². The van der Waals surface area contributed by atoms with E-state index in [2.05, 4.69) is 31.6 Å². The zero-order valence-electron chi connectivity index (χ0n) is 12.3. The van der Waals surface area contributed by atoms with Crippen LogP contribution in [0, 0.1) is 0 Å². The van der Waals surface area contributed by atoms with Gasteiger partial charge in [0.15, 0.2) is 6.10 Å². The average Bonchev–Trinajstić information content (AvgIpc) is 2.93. The highest BCUT2D eigenvalue weighted by atomic mass is 79.9. The molecule has 0 aliphatic heterocycles. The molecule has 0 saturated carbocycles. The van der Waals surface area contributed by atoms with Crippen LogP contribution >= 0.6 is 15.9 Å². The number of halogens is 1. The number of ether oxygens (including phenoxy) is 1. The summed E-state index contributed by atoms with van der Waals surface area (Å²) in [5.41, 5.74) is 0.465. The van der Waals surface area contributed by atoms with E-state index in [-0.39, 0.29) is 19.0 Å². The Morgan fingerprint density at radius 2 is 2.17 bits per heavy atom. The fraction of sp³-hybridized carbons (Fsp3) is 0.286. The van der Waals surface area contributed by atoms with Gasteiger partial charge < -0.3 is 15.2 Å². The summed E-state index contributed by atoms with van der Waals surface area (Å²) in [5.74, 6) is -0.753. The van der Waals surface area contributed by atoms with Crippen molar-refractivity contribution in [2.75, 3.05) is 0 Å². The predicted octanol–water partition coefficient (Wildman–Crippen LogP) is 1.21. The van der Waals surface area contributed by atoms with Gasteiger partial charge in [-0.05, 0) is 35.0 Å². The Labute approximate surface area is 140 Å². The van der Waals surface area contributed by atoms with E-state index in [4.69, 9.17) is 9.84 Å². The summed E-state index contributed by atoms with van der Waals surface area (Å²) in [4.78, 5) is 22.6. The van der Waals surface area contributed by atoms with E-state index in [1.165, 1.54) is 10.9 Å². The number of hydrogen-bond donors (Lipinski definition) is 2. The van der Waals surface area contributed by atoms with E-state index >= 15 is 0 Å². The maximum absolute atomic E-state index is 12.0. The van der Waals surface area contributed by atoms with E-state index in [0.29, 0.717) is 11.4 Å². The lowest BCUT2D eigenvalue weighted by Gasteiger charge is -2.15. The first-order valence-electron chi connectivity index (χ1n) is 6.75. The molecule has 23 heavy (non-hydrogen) atoms. The van der Waals surface area contributed by atoms with Gasteiger partial charge in [0.1, 0.15) is 18.0 Å². The molecule has 2 N–H and O–H groups in total. The first-order valence-corrected chi connectivity index (χ1v) is 7.54. The summed E-state index contributed by atoms with van der Waals surface area (Å²) in [6, 6.07) is 7.24. The van der Waals surface area contributed by atoms with Crippen molar-refractivity contribution in [1.82, 2.24) is 20.3 Å². The number of aliphatic carboxylic acids is 1. The fourth-order valence-electron chi connectivity index (χ4n) is 1.74. The van der Waals surface area contributed by atoms with Gasteiger partial charge in [0.2, 0.25) is 0 Å². The van der Waals surface area contributed by atoms with Crippen LogP contribution in [0.1, 0.15) is 12.6 Å². The van der Waals surface area contributed by atoms with Crippen LogP contribution in [0.4, 0.5) is 0 Å². The maximum atomic E-state index is 12.0. The lowest BCUT2D eigenvalue weighted by Crippen LogP contribution is -2.36. The van der Waals surface area contributed by atoms with Gasteiger partial charge in [0, 0.05) is 0 Å². The fourth-order valence-corrected chi connectivity index (χ4v) is 2.12. The number of aromatic nitrogens is 3. The average molecular weight is 383 g/mol. The second-order valence-corrected chi connectivity index (χ2v) is 5.56. The third-order valence-electron chi connectivity index (χ3n) is 2.84. The van der Waals surface area contributed by atoms with Crippen molar-refractivity contribution < 1.29 is 19.4 Å². The molecule has 1 aromatic heterocycles. The van der Waals surface area contributed by atoms with Gasteiger partial charge in [-0.15, -0.1) is 5.10 Å². The van der Waals surface area contributed by atoms with E-state index in [9.17, 15) is 9.59 Å². The first-order chi connectivity index (χ1) is 11.0. The first kappa shape index (κ1) is 16.9. The van der Waals surface area contributed by atoms with Gasteiger partial charge in [-0.1, -0.05) is 17.3 Å². The van der Waals surface area contributed by atoms with Crippen molar-refractivity contribution in [3.05, 3.63) is 40.6 Å². The third-order valence-corrected chi connectivity index (χ3v) is 3.49. The molecule has 9 heteroatoms. The number of carbonyl (C=O) groups is 2. The zero-order chi connectivity index (χ0) is 16.8. The summed E-state index contributed by atoms with van der Waals surface area (Å²) < 4.78 is 7.52. The number of benzene rings is 1. The smallest absolute Gasteiger partial charge is 0.325 e. The van der Waals surface area contributed by atoms with Crippen LogP contribution in [0.3, 0.4) is 0 Å². The molecule has 0 saturated heterocycles. The van der Waals surface area contributed by atoms with Crippen LogP contribution in [-0.2, 0) is 22.7 Å². The largest absolute Gasteiger partial charge is 0.480 e. The monoisotopic (exact) mass is 382 g/mol. The Kier molecular flexibility index (Phi) is 5.69. The third kappa shape index (κ3) is 5.06. The summed E-state index contributed by atoms with van der Waals surface area (Å²) >= 11 is 3.35. The normalized spacial score (nSPS) is 11.7. The van der Waals surface area contributed by atoms with Gasteiger partial charge in [-0.2, -0.15) is 0 Å². The van der Waals surface area contributed by atoms with Crippen molar-refractivity contribution in [1.29, 1.82) is 0 Å². The molecule has 122 valence electrons. The number of carbonyl (C=O) groups excluding carboxylic acids is 1. The minimum Gasteiger partial charge on any atom is -0.480 e. The molecule has 2 rings (SSSR count). The summed E-state index contributed by atoms with van der Waals surface area (Å²) in [6.07, 6.45) is 0.774. The van der Waals surface area contributed by atoms with Gasteiger partial charge in [0.05, 0.1) is 17.2 Å². The Morgan fingerprint density at radius 3 is 2.87 bits per heavy atom. The van der Waals surface area contributed by atoms with Gasteiger partial charge >= 0.3 is 5.97 Å². The highest BCUT2D eigenvalue weighted by molar-refractivity contribution is 9.10. The van der Waals surface area contributed by atoms with Crippen LogP contribution in [0.25, 0.3) is 0 Å². The topological polar surface area (TPSA) is 106 Å². The standard InChI is InChI=1S/C14H15BrN4O4/c1-9(23-12-5-3-2-4-11(12)15)14(22)16-6-10-7-19(18-17-10)8-13(20)21/h2-5,7,9H,6,8H2,1H3,(H,16,22)(H,20,21). The molecule has 1 heterocycles. The lowest BCUT2D eigenvalue weighted by molar-refractivity contribution is -0.138. The van der Waals surface area contributed by atoms with Crippen molar-refractivity contribution >= 4 is 27.8 Å². The summed E-state index contributed by atoms with van der Waals surface area (Å²) in [6.45, 7) is 1.50. The maximum Gasteiger partial charge on any atom is 0.325 e. The number of rotatable bonds is 7. The molecule has 1 atom stereocenters. The number of hydrogen-bond acceptors (Lipinski definition) is 5. The van der Waals surface area contributed by atoms with Gasteiger partial charge in [-0.25, -0.2) is 4.68 Å². The Morgan fingerprint density at radius 1 is 1.43 bits per heavy atom. The van der Waals surface area contributed by atoms with Crippen LogP contribution in [0.5, 0.6) is 5.75 Å². The Hall–Kier alpha value is -2.42. The molecule has 0 bridgehead atoms. The molecule has 0 radical (unpaired) electrons. The quantitative estimate of drug-likeness (QED) is 0.745. The number of nitrogens with one attached hydrogen (secondary N) is 1. The lowest BCUT2D eigenvalue weighted by atomic mass is 10.3. The molecule has 1 unspecified atom stereocenters. The predicted molar refractivity (Wildman–Crippen MR) is 83.7 cm³/mol. The van der Waals surface area contributed by atoms with E-state index in [0.717, 1.165) is 4.47 Å². The zero-order valence-corrected chi connectivity index (χ0v) is 13.9. The second-order valence-electron chi connectivity index (χ2n) is 4.71. The highest BCUT2D eigenvalue weighted by Crippen LogP contribution is 2.24. The Bertz CT molecular complexity index is 704. The van der Waals surface area contributed by atoms with Crippen molar-refractivity contribution in [3.63, 3.8) is 0 Å². The minimum atomic E-state index is -1.01. The van der Waals surface area contributed by atoms with Crippen molar-refractivity contribution in [2.24, 2.45) is 0 Å². The molecule has 8 nitrogen and oxygen atoms in total. The van der Waals surface area contributed by atoms with E-state index in [1.807, 2.05) is 18.2 Å². The molecule has 0 spiro atoms. The van der Waals surface area contributed by atoms with Crippen molar-refractivity contribution in [3.8, 4) is 5.75 Å². The van der Waals surface area contributed by atoms with Crippen LogP contribution in [0.15, 0.2) is 34.9 Å².